The molecule has 29 heavy (non-hydrogen) atoms. The van der Waals surface area contributed by atoms with Gasteiger partial charge in [0.15, 0.2) is 0 Å². The van der Waals surface area contributed by atoms with Gasteiger partial charge in [0, 0.05) is 30.8 Å². The Labute approximate surface area is 168 Å². The number of nitro groups is 1. The highest BCUT2D eigenvalue weighted by atomic mass is 32.2. The van der Waals surface area contributed by atoms with Gasteiger partial charge in [0.05, 0.1) is 29.4 Å². The summed E-state index contributed by atoms with van der Waals surface area (Å²) in [5, 5.41) is 22.3. The Morgan fingerprint density at radius 3 is 2.52 bits per heavy atom. The lowest BCUT2D eigenvalue weighted by atomic mass is 10.1. The number of hydrogen-bond acceptors (Lipinski definition) is 6. The van der Waals surface area contributed by atoms with Crippen molar-refractivity contribution in [3.63, 3.8) is 0 Å². The van der Waals surface area contributed by atoms with Crippen molar-refractivity contribution in [2.75, 3.05) is 22.4 Å². The summed E-state index contributed by atoms with van der Waals surface area (Å²) >= 11 is 0. The number of amides is 1. The Hall–Kier alpha value is -3.45. The molecule has 1 amide bonds. The Morgan fingerprint density at radius 1 is 1.24 bits per heavy atom. The van der Waals surface area contributed by atoms with Gasteiger partial charge in [0.1, 0.15) is 0 Å². The Balaban J connectivity index is 1.98. The Bertz CT molecular complexity index is 1030. The lowest BCUT2D eigenvalue weighted by Crippen LogP contribution is -2.31. The molecule has 152 valence electrons. The summed E-state index contributed by atoms with van der Waals surface area (Å²) in [5.74, 6) is -0.287. The summed E-state index contributed by atoms with van der Waals surface area (Å²) < 4.78 is 25.2. The van der Waals surface area contributed by atoms with E-state index in [4.69, 9.17) is 5.26 Å². The fourth-order valence-electron chi connectivity index (χ4n) is 2.65. The Morgan fingerprint density at radius 2 is 1.93 bits per heavy atom. The molecule has 2 rings (SSSR count). The second-order valence-corrected chi connectivity index (χ2v) is 8.20. The molecule has 0 aliphatic rings. The van der Waals surface area contributed by atoms with Gasteiger partial charge in [0.25, 0.3) is 5.69 Å². The molecule has 0 saturated carbocycles. The summed E-state index contributed by atoms with van der Waals surface area (Å²) in [6, 6.07) is 14.2. The molecule has 0 spiro atoms. The number of sulfonamides is 1. The molecule has 0 bridgehead atoms. The van der Waals surface area contributed by atoms with Crippen molar-refractivity contribution in [2.24, 2.45) is 0 Å². The average Bonchev–Trinajstić information content (AvgIpc) is 2.66. The van der Waals surface area contributed by atoms with Gasteiger partial charge >= 0.3 is 0 Å². The molecule has 1 N–H and O–H groups in total. The summed E-state index contributed by atoms with van der Waals surface area (Å²) in [5.41, 5.74) is 1.38. The predicted molar refractivity (Wildman–Crippen MR) is 109 cm³/mol. The normalized spacial score (nSPS) is 10.8. The van der Waals surface area contributed by atoms with Crippen molar-refractivity contribution in [3.8, 4) is 6.07 Å². The zero-order valence-electron chi connectivity index (χ0n) is 15.7. The molecule has 0 aliphatic carbocycles. The van der Waals surface area contributed by atoms with E-state index in [1.54, 1.807) is 24.3 Å². The number of nitriles is 1. The van der Waals surface area contributed by atoms with Crippen LogP contribution in [0.25, 0.3) is 0 Å². The van der Waals surface area contributed by atoms with Crippen molar-refractivity contribution in [1.82, 2.24) is 0 Å². The molecule has 2 aromatic carbocycles. The summed E-state index contributed by atoms with van der Waals surface area (Å²) in [7, 11) is -3.67. The minimum absolute atomic E-state index is 0.00846. The lowest BCUT2D eigenvalue weighted by Gasteiger charge is -2.22. The molecular weight excluding hydrogens is 396 g/mol. The summed E-state index contributed by atoms with van der Waals surface area (Å²) in [6.45, 7) is 0.00846. The third-order valence-electron chi connectivity index (χ3n) is 4.01. The molecule has 9 nitrogen and oxygen atoms in total. The van der Waals surface area contributed by atoms with Gasteiger partial charge in [-0.25, -0.2) is 8.42 Å². The van der Waals surface area contributed by atoms with Crippen LogP contribution >= 0.6 is 0 Å². The standard InChI is InChI=1S/C19H20N4O5S/c1-29(27,28)22(17-4-2-5-18(14-17)23(25)26)13-3-6-19(24)21-16-9-7-15(8-10-16)11-12-20/h2,4-5,7-10,14H,3,6,11,13H2,1H3,(H,21,24). The van der Waals surface area contributed by atoms with Crippen LogP contribution in [0.3, 0.4) is 0 Å². The highest BCUT2D eigenvalue weighted by Gasteiger charge is 2.19. The largest absolute Gasteiger partial charge is 0.326 e. The fourth-order valence-corrected chi connectivity index (χ4v) is 3.61. The van der Waals surface area contributed by atoms with E-state index in [1.807, 2.05) is 6.07 Å². The number of benzene rings is 2. The molecule has 0 saturated heterocycles. The van der Waals surface area contributed by atoms with Gasteiger partial charge in [-0.3, -0.25) is 19.2 Å². The van der Waals surface area contributed by atoms with Crippen LogP contribution in [0.15, 0.2) is 48.5 Å². The molecule has 0 aliphatic heterocycles. The van der Waals surface area contributed by atoms with Crippen molar-refractivity contribution < 1.29 is 18.1 Å². The first-order valence-electron chi connectivity index (χ1n) is 8.68. The molecular formula is C19H20N4O5S. The highest BCUT2D eigenvalue weighted by Crippen LogP contribution is 2.23. The highest BCUT2D eigenvalue weighted by molar-refractivity contribution is 7.92. The zero-order valence-corrected chi connectivity index (χ0v) is 16.6. The van der Waals surface area contributed by atoms with Gasteiger partial charge < -0.3 is 5.32 Å². The second-order valence-electron chi connectivity index (χ2n) is 6.30. The zero-order chi connectivity index (χ0) is 21.4. The van der Waals surface area contributed by atoms with E-state index in [2.05, 4.69) is 5.32 Å². The number of carbonyl (C=O) groups excluding carboxylic acids is 1. The van der Waals surface area contributed by atoms with Gasteiger partial charge in [-0.05, 0) is 30.2 Å². The summed E-state index contributed by atoms with van der Waals surface area (Å²) in [4.78, 5) is 22.4. The Kier molecular flexibility index (Phi) is 7.27. The van der Waals surface area contributed by atoms with Crippen molar-refractivity contribution >= 4 is 33.0 Å². The van der Waals surface area contributed by atoms with Crippen LogP contribution in [0, 0.1) is 21.4 Å². The predicted octanol–water partition coefficient (Wildman–Crippen LogP) is 2.85. The maximum Gasteiger partial charge on any atom is 0.271 e. The molecule has 0 heterocycles. The second kappa shape index (κ2) is 9.66. The molecule has 2 aromatic rings. The molecule has 0 aromatic heterocycles. The fraction of sp³-hybridized carbons (Fsp3) is 0.263. The van der Waals surface area contributed by atoms with E-state index < -0.39 is 14.9 Å². The van der Waals surface area contributed by atoms with E-state index in [0.717, 1.165) is 16.1 Å². The average molecular weight is 416 g/mol. The maximum absolute atomic E-state index is 12.1. The third-order valence-corrected chi connectivity index (χ3v) is 5.21. The number of rotatable bonds is 9. The topological polar surface area (TPSA) is 133 Å². The molecule has 0 unspecified atom stereocenters. The van der Waals surface area contributed by atoms with E-state index in [-0.39, 0.29) is 43.1 Å². The van der Waals surface area contributed by atoms with Gasteiger partial charge in [0.2, 0.25) is 15.9 Å². The maximum atomic E-state index is 12.1. The smallest absolute Gasteiger partial charge is 0.271 e. The van der Waals surface area contributed by atoms with Crippen LogP contribution in [0.5, 0.6) is 0 Å². The minimum atomic E-state index is -3.67. The van der Waals surface area contributed by atoms with E-state index in [9.17, 15) is 23.3 Å². The lowest BCUT2D eigenvalue weighted by molar-refractivity contribution is -0.384. The van der Waals surface area contributed by atoms with Crippen LogP contribution in [0.4, 0.5) is 17.1 Å². The number of carbonyl (C=O) groups is 1. The van der Waals surface area contributed by atoms with Crippen molar-refractivity contribution in [1.29, 1.82) is 5.26 Å². The third kappa shape index (κ3) is 6.58. The van der Waals surface area contributed by atoms with Gasteiger partial charge in [-0.2, -0.15) is 5.26 Å². The SMILES string of the molecule is CS(=O)(=O)N(CCCC(=O)Nc1ccc(CC#N)cc1)c1cccc([N+](=O)[O-])c1. The first kappa shape index (κ1) is 21.8. The van der Waals surface area contributed by atoms with E-state index in [0.29, 0.717) is 5.69 Å². The van der Waals surface area contributed by atoms with Crippen LogP contribution in [-0.4, -0.2) is 32.0 Å². The molecule has 0 fully saturated rings. The minimum Gasteiger partial charge on any atom is -0.326 e. The van der Waals surface area contributed by atoms with Crippen molar-refractivity contribution in [3.05, 3.63) is 64.2 Å². The van der Waals surface area contributed by atoms with Crippen LogP contribution in [0.2, 0.25) is 0 Å². The quantitative estimate of drug-likeness (QED) is 0.493. The van der Waals surface area contributed by atoms with E-state index in [1.165, 1.54) is 24.3 Å². The first-order valence-corrected chi connectivity index (χ1v) is 10.5. The first-order chi connectivity index (χ1) is 13.7. The van der Waals surface area contributed by atoms with Gasteiger partial charge in [-0.1, -0.05) is 18.2 Å². The number of nitrogens with zero attached hydrogens (tertiary/aromatic N) is 3. The van der Waals surface area contributed by atoms with Crippen LogP contribution < -0.4 is 9.62 Å². The van der Waals surface area contributed by atoms with Crippen LogP contribution in [-0.2, 0) is 21.2 Å². The number of non-ortho nitro benzene ring substituents is 1. The van der Waals surface area contributed by atoms with E-state index >= 15 is 0 Å². The number of hydrogen-bond donors (Lipinski definition) is 1. The van der Waals surface area contributed by atoms with Crippen LogP contribution in [0.1, 0.15) is 18.4 Å². The molecule has 0 atom stereocenters. The number of nitro benzene ring substituents is 1. The summed E-state index contributed by atoms with van der Waals surface area (Å²) in [6.07, 6.45) is 1.59. The molecule has 10 heteroatoms. The number of anilines is 2. The number of nitrogens with one attached hydrogen (secondary N) is 1. The molecule has 0 radical (unpaired) electrons. The monoisotopic (exact) mass is 416 g/mol. The van der Waals surface area contributed by atoms with Crippen molar-refractivity contribution in [2.45, 2.75) is 19.3 Å². The van der Waals surface area contributed by atoms with Gasteiger partial charge in [-0.15, -0.1) is 0 Å².